The number of nitrogens with zero attached hydrogens (tertiary/aromatic N) is 1. The zero-order chi connectivity index (χ0) is 15.0. The van der Waals surface area contributed by atoms with Crippen LogP contribution in [0.1, 0.15) is 39.0 Å². The molecule has 0 spiro atoms. The molecule has 1 fully saturated rings. The summed E-state index contributed by atoms with van der Waals surface area (Å²) in [4.78, 5) is 27.4. The van der Waals surface area contributed by atoms with Crippen molar-refractivity contribution in [3.63, 3.8) is 0 Å². The standard InChI is InChI=1S/C15H22N2O2S/c1-5-15(4)13(19)17(9-12(18)16-15)10-14(2,3)11-7-6-8-20-11/h6-8H,5,9-10H2,1-4H3,(H,16,18). The Labute approximate surface area is 124 Å². The fraction of sp³-hybridized carbons (Fsp3) is 0.600. The van der Waals surface area contributed by atoms with Gasteiger partial charge in [-0.2, -0.15) is 0 Å². The van der Waals surface area contributed by atoms with Gasteiger partial charge in [0.05, 0.1) is 6.54 Å². The van der Waals surface area contributed by atoms with E-state index >= 15 is 0 Å². The molecule has 4 nitrogen and oxygen atoms in total. The lowest BCUT2D eigenvalue weighted by molar-refractivity contribution is -0.150. The van der Waals surface area contributed by atoms with Crippen LogP contribution in [0, 0.1) is 0 Å². The average Bonchev–Trinajstić information content (AvgIpc) is 2.89. The zero-order valence-electron chi connectivity index (χ0n) is 12.5. The highest BCUT2D eigenvalue weighted by Crippen LogP contribution is 2.30. The van der Waals surface area contributed by atoms with Crippen molar-refractivity contribution in [2.24, 2.45) is 0 Å². The second-order valence-electron chi connectivity index (χ2n) is 6.26. The lowest BCUT2D eigenvalue weighted by Crippen LogP contribution is -2.66. The van der Waals surface area contributed by atoms with Crippen molar-refractivity contribution >= 4 is 23.2 Å². The van der Waals surface area contributed by atoms with Gasteiger partial charge in [0, 0.05) is 16.8 Å². The Hall–Kier alpha value is -1.36. The third-order valence-electron chi connectivity index (χ3n) is 3.99. The van der Waals surface area contributed by atoms with Crippen molar-refractivity contribution in [2.75, 3.05) is 13.1 Å². The first kappa shape index (κ1) is 15.0. The Kier molecular flexibility index (Phi) is 3.91. The Morgan fingerprint density at radius 3 is 2.70 bits per heavy atom. The first-order valence-electron chi connectivity index (χ1n) is 6.93. The predicted molar refractivity (Wildman–Crippen MR) is 80.8 cm³/mol. The maximum Gasteiger partial charge on any atom is 0.248 e. The van der Waals surface area contributed by atoms with Crippen molar-refractivity contribution in [2.45, 2.75) is 45.1 Å². The maximum absolute atomic E-state index is 12.6. The van der Waals surface area contributed by atoms with E-state index in [-0.39, 0.29) is 23.8 Å². The topological polar surface area (TPSA) is 49.4 Å². The summed E-state index contributed by atoms with van der Waals surface area (Å²) in [6, 6.07) is 4.10. The van der Waals surface area contributed by atoms with E-state index in [2.05, 4.69) is 25.2 Å². The Morgan fingerprint density at radius 2 is 2.15 bits per heavy atom. The van der Waals surface area contributed by atoms with E-state index in [0.717, 1.165) is 0 Å². The lowest BCUT2D eigenvalue weighted by Gasteiger charge is -2.42. The SMILES string of the molecule is CCC1(C)NC(=O)CN(CC(C)(C)c2cccs2)C1=O. The first-order valence-corrected chi connectivity index (χ1v) is 7.81. The molecule has 1 aromatic heterocycles. The molecule has 0 radical (unpaired) electrons. The summed E-state index contributed by atoms with van der Waals surface area (Å²) in [5.74, 6) is -0.0554. The fourth-order valence-electron chi connectivity index (χ4n) is 2.58. The summed E-state index contributed by atoms with van der Waals surface area (Å²) in [5.41, 5.74) is -0.906. The molecule has 5 heteroatoms. The lowest BCUT2D eigenvalue weighted by atomic mass is 9.88. The number of piperazine rings is 1. The molecular weight excluding hydrogens is 272 g/mol. The second-order valence-corrected chi connectivity index (χ2v) is 7.20. The van der Waals surface area contributed by atoms with Crippen LogP contribution in [0.5, 0.6) is 0 Å². The highest BCUT2D eigenvalue weighted by atomic mass is 32.1. The average molecular weight is 294 g/mol. The predicted octanol–water partition coefficient (Wildman–Crippen LogP) is 2.15. The summed E-state index contributed by atoms with van der Waals surface area (Å²) in [6.45, 7) is 8.67. The van der Waals surface area contributed by atoms with Crippen LogP contribution in [0.3, 0.4) is 0 Å². The molecule has 2 heterocycles. The fourth-order valence-corrected chi connectivity index (χ4v) is 3.43. The molecule has 1 N–H and O–H groups in total. The Bertz CT molecular complexity index is 510. The van der Waals surface area contributed by atoms with Crippen LogP contribution in [-0.2, 0) is 15.0 Å². The van der Waals surface area contributed by atoms with E-state index in [1.807, 2.05) is 18.4 Å². The van der Waals surface area contributed by atoms with Gasteiger partial charge in [0.15, 0.2) is 0 Å². The zero-order valence-corrected chi connectivity index (χ0v) is 13.3. The van der Waals surface area contributed by atoms with Gasteiger partial charge < -0.3 is 10.2 Å². The van der Waals surface area contributed by atoms with Crippen LogP contribution in [0.2, 0.25) is 0 Å². The minimum atomic E-state index is -0.763. The maximum atomic E-state index is 12.6. The van der Waals surface area contributed by atoms with Crippen LogP contribution in [0.25, 0.3) is 0 Å². The molecule has 0 saturated carbocycles. The largest absolute Gasteiger partial charge is 0.340 e. The molecule has 1 aliphatic heterocycles. The molecule has 1 saturated heterocycles. The molecule has 1 atom stereocenters. The summed E-state index contributed by atoms with van der Waals surface area (Å²) in [7, 11) is 0. The third-order valence-corrected chi connectivity index (χ3v) is 5.23. The van der Waals surface area contributed by atoms with E-state index in [4.69, 9.17) is 0 Å². The van der Waals surface area contributed by atoms with Crippen molar-refractivity contribution in [3.05, 3.63) is 22.4 Å². The van der Waals surface area contributed by atoms with E-state index in [0.29, 0.717) is 13.0 Å². The monoisotopic (exact) mass is 294 g/mol. The quantitative estimate of drug-likeness (QED) is 0.925. The normalized spacial score (nSPS) is 23.9. The Balaban J connectivity index is 2.20. The van der Waals surface area contributed by atoms with E-state index in [9.17, 15) is 9.59 Å². The van der Waals surface area contributed by atoms with E-state index < -0.39 is 5.54 Å². The number of carbonyl (C=O) groups excluding carboxylic acids is 2. The van der Waals surface area contributed by atoms with Gasteiger partial charge in [-0.3, -0.25) is 9.59 Å². The molecule has 2 amide bonds. The van der Waals surface area contributed by atoms with Crippen molar-refractivity contribution in [3.8, 4) is 0 Å². The van der Waals surface area contributed by atoms with Crippen molar-refractivity contribution in [1.29, 1.82) is 0 Å². The second kappa shape index (κ2) is 5.20. The third kappa shape index (κ3) is 2.73. The van der Waals surface area contributed by atoms with Gasteiger partial charge in [-0.1, -0.05) is 26.8 Å². The van der Waals surface area contributed by atoms with E-state index in [1.165, 1.54) is 4.88 Å². The van der Waals surface area contributed by atoms with Gasteiger partial charge in [0.25, 0.3) is 0 Å². The molecule has 20 heavy (non-hydrogen) atoms. The van der Waals surface area contributed by atoms with Crippen LogP contribution >= 0.6 is 11.3 Å². The summed E-state index contributed by atoms with van der Waals surface area (Å²) < 4.78 is 0. The minimum Gasteiger partial charge on any atom is -0.340 e. The van der Waals surface area contributed by atoms with Gasteiger partial charge in [0.1, 0.15) is 5.54 Å². The molecule has 1 aliphatic rings. The van der Waals surface area contributed by atoms with Crippen LogP contribution in [-0.4, -0.2) is 35.3 Å². The molecule has 0 bridgehead atoms. The number of rotatable bonds is 4. The summed E-state index contributed by atoms with van der Waals surface area (Å²) in [5, 5.41) is 4.85. The van der Waals surface area contributed by atoms with Gasteiger partial charge in [0.2, 0.25) is 11.8 Å². The summed E-state index contributed by atoms with van der Waals surface area (Å²) >= 11 is 1.69. The van der Waals surface area contributed by atoms with Gasteiger partial charge in [-0.05, 0) is 24.8 Å². The highest BCUT2D eigenvalue weighted by molar-refractivity contribution is 7.10. The molecule has 0 aromatic carbocycles. The highest BCUT2D eigenvalue weighted by Gasteiger charge is 2.43. The molecule has 1 aromatic rings. The van der Waals surface area contributed by atoms with Crippen LogP contribution in [0.4, 0.5) is 0 Å². The van der Waals surface area contributed by atoms with Crippen molar-refractivity contribution in [1.82, 2.24) is 10.2 Å². The van der Waals surface area contributed by atoms with E-state index in [1.54, 1.807) is 23.2 Å². The van der Waals surface area contributed by atoms with Crippen LogP contribution in [0.15, 0.2) is 17.5 Å². The molecule has 0 aliphatic carbocycles. The minimum absolute atomic E-state index is 0.0178. The number of carbonyl (C=O) groups is 2. The first-order chi connectivity index (χ1) is 9.28. The number of hydrogen-bond acceptors (Lipinski definition) is 3. The number of thiophene rings is 1. The summed E-state index contributed by atoms with van der Waals surface area (Å²) in [6.07, 6.45) is 0.605. The van der Waals surface area contributed by atoms with Gasteiger partial charge in [-0.25, -0.2) is 0 Å². The Morgan fingerprint density at radius 1 is 1.45 bits per heavy atom. The number of amides is 2. The molecule has 2 rings (SSSR count). The van der Waals surface area contributed by atoms with Crippen molar-refractivity contribution < 1.29 is 9.59 Å². The van der Waals surface area contributed by atoms with Crippen LogP contribution < -0.4 is 5.32 Å². The van der Waals surface area contributed by atoms with Gasteiger partial charge >= 0.3 is 0 Å². The molecule has 1 unspecified atom stereocenters. The number of hydrogen-bond donors (Lipinski definition) is 1. The molecular formula is C15H22N2O2S. The smallest absolute Gasteiger partial charge is 0.248 e. The van der Waals surface area contributed by atoms with Gasteiger partial charge in [-0.15, -0.1) is 11.3 Å². The molecule has 110 valence electrons. The number of nitrogens with one attached hydrogen (secondary N) is 1.